The van der Waals surface area contributed by atoms with E-state index in [0.29, 0.717) is 28.4 Å². The molecule has 14 nitrogen and oxygen atoms in total. The molecule has 0 saturated carbocycles. The smallest absolute Gasteiger partial charge is 0.296 e. The summed E-state index contributed by atoms with van der Waals surface area (Å²) in [7, 11) is 4.50. The highest BCUT2D eigenvalue weighted by molar-refractivity contribution is 7.86. The first-order chi connectivity index (χ1) is 26.6. The van der Waals surface area contributed by atoms with Gasteiger partial charge in [-0.25, -0.2) is 0 Å². The number of phenols is 2. The van der Waals surface area contributed by atoms with E-state index >= 15 is 0 Å². The number of aromatic hydroxyl groups is 2. The minimum absolute atomic E-state index is 0.183. The number of fused-ring (bicyclic) bond motifs is 2. The number of aryl methyl sites for hydroxylation is 3. The Bertz CT molecular complexity index is 2360. The zero-order chi connectivity index (χ0) is 42.2. The van der Waals surface area contributed by atoms with Crippen LogP contribution in [0.25, 0.3) is 21.5 Å². The van der Waals surface area contributed by atoms with E-state index in [2.05, 4.69) is 35.4 Å². The topological polar surface area (TPSA) is 189 Å². The first kappa shape index (κ1) is 46.1. The van der Waals surface area contributed by atoms with Gasteiger partial charge in [0.05, 0.1) is 5.69 Å². The second-order valence-electron chi connectivity index (χ2n) is 11.9. The summed E-state index contributed by atoms with van der Waals surface area (Å²) < 4.78 is 31.7. The Morgan fingerprint density at radius 1 is 0.589 bits per heavy atom. The number of phenolic OH excluding ortho intramolecular Hbond substituents is 2. The van der Waals surface area contributed by atoms with Crippen molar-refractivity contribution in [2.45, 2.75) is 53.4 Å². The fourth-order valence-corrected chi connectivity index (χ4v) is 5.56. The summed E-state index contributed by atoms with van der Waals surface area (Å²) in [6.45, 7) is 13.8. The first-order valence-electron chi connectivity index (χ1n) is 17.9. The molecule has 1 heterocycles. The van der Waals surface area contributed by atoms with Crippen molar-refractivity contribution < 1.29 is 23.2 Å². The third-order valence-electron chi connectivity index (χ3n) is 7.52. The molecule has 0 saturated heterocycles. The van der Waals surface area contributed by atoms with Gasteiger partial charge in [0.25, 0.3) is 10.1 Å². The van der Waals surface area contributed by atoms with Crippen molar-refractivity contribution in [2.24, 2.45) is 20.5 Å². The van der Waals surface area contributed by atoms with Gasteiger partial charge in [0.15, 0.2) is 11.5 Å². The Labute approximate surface area is 330 Å². The average Bonchev–Trinajstić information content (AvgIpc) is 3.18. The summed E-state index contributed by atoms with van der Waals surface area (Å²) in [5.74, 6) is 1.98. The van der Waals surface area contributed by atoms with Gasteiger partial charge in [-0.1, -0.05) is 94.4 Å². The molecule has 0 radical (unpaired) electrons. The van der Waals surface area contributed by atoms with Crippen molar-refractivity contribution in [1.82, 2.24) is 15.0 Å². The van der Waals surface area contributed by atoms with E-state index in [1.165, 1.54) is 13.1 Å². The van der Waals surface area contributed by atoms with Gasteiger partial charge in [-0.05, 0) is 60.9 Å². The van der Waals surface area contributed by atoms with E-state index in [9.17, 15) is 18.6 Å². The van der Waals surface area contributed by atoms with Crippen molar-refractivity contribution in [1.29, 1.82) is 0 Å². The maximum Gasteiger partial charge on any atom is 0.296 e. The second-order valence-corrected chi connectivity index (χ2v) is 13.3. The minimum atomic E-state index is -4.48. The molecule has 0 aliphatic heterocycles. The van der Waals surface area contributed by atoms with Crippen LogP contribution in [0.15, 0.2) is 110 Å². The molecule has 0 unspecified atom stereocenters. The molecular formula is C41H53N9O5S. The molecule has 0 bridgehead atoms. The Kier molecular flexibility index (Phi) is 17.9. The summed E-state index contributed by atoms with van der Waals surface area (Å²) in [5, 5.41) is 38.7. The molecule has 3 N–H and O–H groups in total. The highest BCUT2D eigenvalue weighted by Crippen LogP contribution is 2.41. The zero-order valence-electron chi connectivity index (χ0n) is 34.2. The zero-order valence-corrected chi connectivity index (χ0v) is 35.0. The van der Waals surface area contributed by atoms with Crippen LogP contribution in [0.5, 0.6) is 11.5 Å². The molecule has 0 spiro atoms. The summed E-state index contributed by atoms with van der Waals surface area (Å²) in [4.78, 5) is 15.9. The van der Waals surface area contributed by atoms with Crippen LogP contribution in [-0.4, -0.2) is 73.4 Å². The van der Waals surface area contributed by atoms with Crippen LogP contribution in [-0.2, 0) is 10.1 Å². The Balaban J connectivity index is 0.000000284. The van der Waals surface area contributed by atoms with Crippen molar-refractivity contribution in [2.75, 3.05) is 45.0 Å². The molecule has 1 aromatic heterocycles. The lowest BCUT2D eigenvalue weighted by atomic mass is 10.0. The molecule has 0 aliphatic carbocycles. The van der Waals surface area contributed by atoms with Crippen molar-refractivity contribution in [3.8, 4) is 11.5 Å². The lowest BCUT2D eigenvalue weighted by Crippen LogP contribution is -2.19. The standard InChI is InChI=1S/C18H16N2O.C11H10N2O4S.C8H15N5.2C2H6/c1-12-7-3-6-10-16(12)19-20-17-13(2)11-14-8-4-5-9-15(14)18(17)21;1-12-13-10-9(18(15,16)17)6-7-4-2-3-5-8(7)11(10)14;1-6-9-7(12(2)3)11-8(10-6)13(4)5;2*1-2/h3-11,21H,1-2H3;2-6,14H,1H3,(H,15,16,17);1-5H3;2*1-2H3. The number of aromatic nitrogens is 3. The summed E-state index contributed by atoms with van der Waals surface area (Å²) in [6.07, 6.45) is 0. The molecule has 0 amide bonds. The first-order valence-corrected chi connectivity index (χ1v) is 19.3. The molecule has 0 fully saturated rings. The molecule has 15 heteroatoms. The Morgan fingerprint density at radius 2 is 1.05 bits per heavy atom. The van der Waals surface area contributed by atoms with Crippen molar-refractivity contribution in [3.63, 3.8) is 0 Å². The number of anilines is 2. The van der Waals surface area contributed by atoms with E-state index in [4.69, 9.17) is 4.55 Å². The summed E-state index contributed by atoms with van der Waals surface area (Å²) in [6, 6.07) is 25.4. The number of rotatable bonds is 6. The van der Waals surface area contributed by atoms with Gasteiger partial charge in [-0.3, -0.25) is 4.55 Å². The van der Waals surface area contributed by atoms with Gasteiger partial charge in [0, 0.05) is 46.0 Å². The predicted molar refractivity (Wildman–Crippen MR) is 227 cm³/mol. The fourth-order valence-electron chi connectivity index (χ4n) is 4.90. The largest absolute Gasteiger partial charge is 0.505 e. The number of hydrogen-bond donors (Lipinski definition) is 3. The van der Waals surface area contributed by atoms with Crippen LogP contribution in [0.1, 0.15) is 44.6 Å². The van der Waals surface area contributed by atoms with Gasteiger partial charge in [-0.15, -0.1) is 5.11 Å². The van der Waals surface area contributed by atoms with E-state index in [1.807, 2.05) is 141 Å². The molecule has 298 valence electrons. The summed E-state index contributed by atoms with van der Waals surface area (Å²) in [5.41, 5.74) is 3.03. The highest BCUT2D eigenvalue weighted by atomic mass is 32.2. The second kappa shape index (κ2) is 21.7. The molecular weight excluding hydrogens is 731 g/mol. The van der Waals surface area contributed by atoms with Gasteiger partial charge >= 0.3 is 0 Å². The lowest BCUT2D eigenvalue weighted by molar-refractivity contribution is 0.472. The number of benzene rings is 5. The van der Waals surface area contributed by atoms with Crippen LogP contribution >= 0.6 is 0 Å². The quantitative estimate of drug-likeness (QED) is 0.108. The maximum atomic E-state index is 11.3. The van der Waals surface area contributed by atoms with Crippen molar-refractivity contribution in [3.05, 3.63) is 102 Å². The lowest BCUT2D eigenvalue weighted by Gasteiger charge is -2.14. The van der Waals surface area contributed by atoms with Crippen LogP contribution in [0.4, 0.5) is 29.0 Å². The number of nitrogens with zero attached hydrogens (tertiary/aromatic N) is 9. The molecule has 5 aromatic carbocycles. The highest BCUT2D eigenvalue weighted by Gasteiger charge is 2.21. The maximum absolute atomic E-state index is 11.3. The van der Waals surface area contributed by atoms with Crippen molar-refractivity contribution >= 4 is 60.6 Å². The molecule has 0 aliphatic rings. The molecule has 0 atom stereocenters. The van der Waals surface area contributed by atoms with E-state index in [-0.39, 0.29) is 17.2 Å². The third-order valence-corrected chi connectivity index (χ3v) is 8.39. The van der Waals surface area contributed by atoms with E-state index in [0.717, 1.165) is 33.4 Å². The van der Waals surface area contributed by atoms with Gasteiger partial charge < -0.3 is 20.0 Å². The van der Waals surface area contributed by atoms with Crippen LogP contribution < -0.4 is 9.80 Å². The monoisotopic (exact) mass is 783 g/mol. The number of azo groups is 2. The SMILES string of the molecule is CC.CC.CN=Nc1c(S(=O)(=O)O)cc2ccccc2c1O.Cc1ccccc1N=Nc1c(C)cc2ccccc2c1O.Cc1nc(N(C)C)nc(N(C)C)n1. The Morgan fingerprint density at radius 3 is 1.54 bits per heavy atom. The Hall–Kier alpha value is -6.06. The van der Waals surface area contributed by atoms with Gasteiger partial charge in [-0.2, -0.15) is 38.7 Å². The van der Waals surface area contributed by atoms with E-state index < -0.39 is 15.0 Å². The fraction of sp³-hybridized carbons (Fsp3) is 0.293. The molecule has 6 rings (SSSR count). The molecule has 56 heavy (non-hydrogen) atoms. The van der Waals surface area contributed by atoms with Crippen LogP contribution in [0.3, 0.4) is 0 Å². The molecule has 6 aromatic rings. The van der Waals surface area contributed by atoms with E-state index in [1.54, 1.807) is 24.3 Å². The van der Waals surface area contributed by atoms with Gasteiger partial charge in [0.2, 0.25) is 11.9 Å². The predicted octanol–water partition coefficient (Wildman–Crippen LogP) is 10.4. The van der Waals surface area contributed by atoms with Crippen LogP contribution in [0, 0.1) is 20.8 Å². The minimum Gasteiger partial charge on any atom is -0.505 e. The third kappa shape index (κ3) is 12.2. The van der Waals surface area contributed by atoms with Gasteiger partial charge in [0.1, 0.15) is 22.1 Å². The number of hydrogen-bond acceptors (Lipinski definition) is 13. The normalized spacial score (nSPS) is 10.7. The average molecular weight is 784 g/mol. The van der Waals surface area contributed by atoms with Crippen LogP contribution in [0.2, 0.25) is 0 Å². The summed E-state index contributed by atoms with van der Waals surface area (Å²) >= 11 is 0.